The molecule has 1 fully saturated rings. The van der Waals surface area contributed by atoms with E-state index in [1.54, 1.807) is 11.8 Å². The van der Waals surface area contributed by atoms with Gasteiger partial charge in [0.15, 0.2) is 0 Å². The Balaban J connectivity index is 1.42. The number of hydrogen-bond acceptors (Lipinski definition) is 4. The van der Waals surface area contributed by atoms with E-state index in [1.807, 2.05) is 36.4 Å². The largest absolute Gasteiger partial charge is 0.391 e. The van der Waals surface area contributed by atoms with E-state index in [9.17, 15) is 9.50 Å². The van der Waals surface area contributed by atoms with Gasteiger partial charge in [0.1, 0.15) is 5.82 Å². The Kier molecular flexibility index (Phi) is 6.59. The van der Waals surface area contributed by atoms with Crippen molar-refractivity contribution < 1.29 is 9.50 Å². The van der Waals surface area contributed by atoms with Crippen molar-refractivity contribution in [1.82, 2.24) is 4.90 Å². The molecule has 3 rings (SSSR count). The molecule has 0 radical (unpaired) electrons. The molecule has 0 saturated carbocycles. The number of aliphatic hydroxyl groups is 1. The molecule has 1 saturated heterocycles. The van der Waals surface area contributed by atoms with E-state index in [4.69, 9.17) is 11.6 Å². The van der Waals surface area contributed by atoms with Crippen LogP contribution in [0.15, 0.2) is 53.4 Å². The van der Waals surface area contributed by atoms with Crippen LogP contribution in [0.3, 0.4) is 0 Å². The number of nitrogens with zero attached hydrogens (tertiary/aromatic N) is 2. The van der Waals surface area contributed by atoms with Gasteiger partial charge in [-0.2, -0.15) is 0 Å². The summed E-state index contributed by atoms with van der Waals surface area (Å²) >= 11 is 7.73. The molecule has 0 aromatic heterocycles. The first-order valence-electron chi connectivity index (χ1n) is 8.40. The van der Waals surface area contributed by atoms with Gasteiger partial charge < -0.3 is 10.0 Å². The van der Waals surface area contributed by atoms with Crippen molar-refractivity contribution in [1.29, 1.82) is 0 Å². The first-order chi connectivity index (χ1) is 12.1. The van der Waals surface area contributed by atoms with E-state index in [1.165, 1.54) is 12.1 Å². The fraction of sp³-hybridized carbons (Fsp3) is 0.368. The number of halogens is 2. The van der Waals surface area contributed by atoms with Gasteiger partial charge in [-0.3, -0.25) is 4.90 Å². The van der Waals surface area contributed by atoms with E-state index in [-0.39, 0.29) is 5.82 Å². The summed E-state index contributed by atoms with van der Waals surface area (Å²) in [5.74, 6) is 0.420. The average Bonchev–Trinajstić information content (AvgIpc) is 2.62. The molecule has 6 heteroatoms. The topological polar surface area (TPSA) is 26.7 Å². The normalized spacial score (nSPS) is 16.8. The second kappa shape index (κ2) is 8.90. The standard InChI is InChI=1S/C19H22ClFN2OS/c20-18-3-1-2-4-19(18)25-14-17(24)13-22-9-11-23(12-10-22)16-7-5-15(21)6-8-16/h1-8,17,24H,9-14H2/t17-/m0/s1. The zero-order chi connectivity index (χ0) is 17.6. The third-order valence-corrected chi connectivity index (χ3v) is 5.96. The maximum absolute atomic E-state index is 13.0. The summed E-state index contributed by atoms with van der Waals surface area (Å²) in [5.41, 5.74) is 1.05. The van der Waals surface area contributed by atoms with Gasteiger partial charge in [0.2, 0.25) is 0 Å². The Morgan fingerprint density at radius 1 is 1.04 bits per heavy atom. The van der Waals surface area contributed by atoms with Crippen LogP contribution in [0.2, 0.25) is 5.02 Å². The third kappa shape index (κ3) is 5.35. The van der Waals surface area contributed by atoms with Crippen molar-refractivity contribution in [2.75, 3.05) is 43.4 Å². The maximum Gasteiger partial charge on any atom is 0.123 e. The predicted molar refractivity (Wildman–Crippen MR) is 103 cm³/mol. The molecule has 1 atom stereocenters. The summed E-state index contributed by atoms with van der Waals surface area (Å²) in [6, 6.07) is 14.3. The molecule has 1 heterocycles. The molecule has 1 aliphatic heterocycles. The minimum atomic E-state index is -0.390. The van der Waals surface area contributed by atoms with Crippen molar-refractivity contribution >= 4 is 29.1 Å². The van der Waals surface area contributed by atoms with Crippen LogP contribution in [0, 0.1) is 5.82 Å². The van der Waals surface area contributed by atoms with Crippen LogP contribution in [-0.4, -0.2) is 54.6 Å². The summed E-state index contributed by atoms with van der Waals surface area (Å²) in [5, 5.41) is 11.0. The number of aliphatic hydroxyl groups excluding tert-OH is 1. The lowest BCUT2D eigenvalue weighted by molar-refractivity contribution is 0.126. The zero-order valence-electron chi connectivity index (χ0n) is 13.9. The number of hydrogen-bond donors (Lipinski definition) is 1. The molecule has 0 unspecified atom stereocenters. The summed E-state index contributed by atoms with van der Waals surface area (Å²) in [7, 11) is 0. The first-order valence-corrected chi connectivity index (χ1v) is 9.76. The lowest BCUT2D eigenvalue weighted by Crippen LogP contribution is -2.48. The highest BCUT2D eigenvalue weighted by Gasteiger charge is 2.19. The van der Waals surface area contributed by atoms with Crippen molar-refractivity contribution in [3.05, 3.63) is 59.4 Å². The molecule has 2 aromatic rings. The molecule has 2 aromatic carbocycles. The average molecular weight is 381 g/mol. The lowest BCUT2D eigenvalue weighted by atomic mass is 10.2. The van der Waals surface area contributed by atoms with Gasteiger partial charge in [0.05, 0.1) is 11.1 Å². The van der Waals surface area contributed by atoms with Crippen LogP contribution in [0.25, 0.3) is 0 Å². The third-order valence-electron chi connectivity index (χ3n) is 4.30. The molecule has 3 nitrogen and oxygen atoms in total. The van der Waals surface area contributed by atoms with Crippen LogP contribution in [0.5, 0.6) is 0 Å². The highest BCUT2D eigenvalue weighted by Crippen LogP contribution is 2.27. The highest BCUT2D eigenvalue weighted by atomic mass is 35.5. The molecule has 25 heavy (non-hydrogen) atoms. The van der Waals surface area contributed by atoms with Gasteiger partial charge in [-0.25, -0.2) is 4.39 Å². The molecule has 0 aliphatic carbocycles. The van der Waals surface area contributed by atoms with Gasteiger partial charge in [-0.05, 0) is 36.4 Å². The minimum Gasteiger partial charge on any atom is -0.391 e. The predicted octanol–water partition coefficient (Wildman–Crippen LogP) is 3.75. The fourth-order valence-corrected chi connectivity index (χ4v) is 4.10. The molecular weight excluding hydrogens is 359 g/mol. The van der Waals surface area contributed by atoms with E-state index >= 15 is 0 Å². The molecule has 0 amide bonds. The Morgan fingerprint density at radius 3 is 2.40 bits per heavy atom. The van der Waals surface area contributed by atoms with Crippen molar-refractivity contribution in [3.8, 4) is 0 Å². The molecule has 0 spiro atoms. The second-order valence-electron chi connectivity index (χ2n) is 6.16. The second-order valence-corrected chi connectivity index (χ2v) is 7.63. The van der Waals surface area contributed by atoms with Gasteiger partial charge in [0, 0.05) is 49.1 Å². The summed E-state index contributed by atoms with van der Waals surface area (Å²) in [4.78, 5) is 5.53. The van der Waals surface area contributed by atoms with E-state index in [0.717, 1.165) is 41.8 Å². The molecule has 134 valence electrons. The molecule has 0 bridgehead atoms. The Hall–Kier alpha value is -1.27. The van der Waals surface area contributed by atoms with E-state index in [2.05, 4.69) is 9.80 Å². The number of anilines is 1. The van der Waals surface area contributed by atoms with Crippen molar-refractivity contribution in [3.63, 3.8) is 0 Å². The summed E-state index contributed by atoms with van der Waals surface area (Å²) in [6.07, 6.45) is -0.390. The van der Waals surface area contributed by atoms with Crippen LogP contribution >= 0.6 is 23.4 Å². The van der Waals surface area contributed by atoms with Crippen molar-refractivity contribution in [2.45, 2.75) is 11.0 Å². The summed E-state index contributed by atoms with van der Waals surface area (Å²) < 4.78 is 13.0. The molecule has 1 aliphatic rings. The molecular formula is C19H22ClFN2OS. The quantitative estimate of drug-likeness (QED) is 0.772. The number of β-amino-alcohol motifs (C(OH)–C–C–N with tert-alkyl or cyclic N) is 1. The van der Waals surface area contributed by atoms with E-state index < -0.39 is 6.10 Å². The minimum absolute atomic E-state index is 0.207. The van der Waals surface area contributed by atoms with Gasteiger partial charge >= 0.3 is 0 Å². The van der Waals surface area contributed by atoms with Crippen LogP contribution in [-0.2, 0) is 0 Å². The lowest BCUT2D eigenvalue weighted by Gasteiger charge is -2.36. The maximum atomic E-state index is 13.0. The molecule has 1 N–H and O–H groups in total. The number of rotatable bonds is 6. The number of piperazine rings is 1. The van der Waals surface area contributed by atoms with E-state index in [0.29, 0.717) is 12.3 Å². The Labute approximate surface area is 157 Å². The van der Waals surface area contributed by atoms with Crippen LogP contribution < -0.4 is 4.90 Å². The first kappa shape index (κ1) is 18.5. The monoisotopic (exact) mass is 380 g/mol. The number of benzene rings is 2. The Morgan fingerprint density at radius 2 is 1.72 bits per heavy atom. The Bertz CT molecular complexity index is 677. The SMILES string of the molecule is O[C@H](CSc1ccccc1Cl)CN1CCN(c2ccc(F)cc2)CC1. The fourth-order valence-electron chi connectivity index (χ4n) is 2.94. The van der Waals surface area contributed by atoms with Gasteiger partial charge in [-0.1, -0.05) is 23.7 Å². The van der Waals surface area contributed by atoms with Crippen molar-refractivity contribution in [2.24, 2.45) is 0 Å². The zero-order valence-corrected chi connectivity index (χ0v) is 15.5. The van der Waals surface area contributed by atoms with Crippen LogP contribution in [0.1, 0.15) is 0 Å². The summed E-state index contributed by atoms with van der Waals surface area (Å²) in [6.45, 7) is 4.22. The van der Waals surface area contributed by atoms with Crippen LogP contribution in [0.4, 0.5) is 10.1 Å². The smallest absolute Gasteiger partial charge is 0.123 e. The number of thioether (sulfide) groups is 1. The van der Waals surface area contributed by atoms with Gasteiger partial charge in [-0.15, -0.1) is 11.8 Å². The van der Waals surface area contributed by atoms with Gasteiger partial charge in [0.25, 0.3) is 0 Å². The highest BCUT2D eigenvalue weighted by molar-refractivity contribution is 7.99.